The summed E-state index contributed by atoms with van der Waals surface area (Å²) in [7, 11) is 0. The molecule has 3 heteroatoms. The van der Waals surface area contributed by atoms with Gasteiger partial charge in [-0.3, -0.25) is 4.99 Å². The molecule has 0 bridgehead atoms. The Bertz CT molecular complexity index is 716. The van der Waals surface area contributed by atoms with Crippen molar-refractivity contribution in [3.05, 3.63) is 23.8 Å². The van der Waals surface area contributed by atoms with E-state index >= 15 is 0 Å². The van der Waals surface area contributed by atoms with E-state index in [4.69, 9.17) is 4.74 Å². The Balaban J connectivity index is 1.92. The molecule has 1 aromatic rings. The molecule has 0 saturated carbocycles. The van der Waals surface area contributed by atoms with E-state index in [9.17, 15) is 5.11 Å². The van der Waals surface area contributed by atoms with Crippen LogP contribution in [0.4, 0.5) is 0 Å². The van der Waals surface area contributed by atoms with Gasteiger partial charge in [0.15, 0.2) is 0 Å². The van der Waals surface area contributed by atoms with Crippen molar-refractivity contribution < 1.29 is 9.84 Å². The summed E-state index contributed by atoms with van der Waals surface area (Å²) in [5, 5.41) is 10.4. The Morgan fingerprint density at radius 2 is 0.905 bits per heavy atom. The number of benzene rings is 1. The molecule has 0 spiro atoms. The minimum absolute atomic E-state index is 0.262. The van der Waals surface area contributed by atoms with E-state index in [2.05, 4.69) is 18.8 Å². The standard InChI is InChI=1S/C39H71NO2/c1-3-5-7-9-11-13-15-17-18-19-20-21-23-25-27-29-33-40-36-37-31-32-38(35-39(37)41)42-34-30-28-26-24-22-16-14-12-10-8-6-4-2/h31-32,35-36,41H,3-30,33-34H2,1-2H3. The van der Waals surface area contributed by atoms with Crippen LogP contribution in [0.2, 0.25) is 0 Å². The zero-order chi connectivity index (χ0) is 30.2. The van der Waals surface area contributed by atoms with Gasteiger partial charge in [0.05, 0.1) is 6.61 Å². The van der Waals surface area contributed by atoms with Gasteiger partial charge in [0.1, 0.15) is 11.5 Å². The van der Waals surface area contributed by atoms with Crippen molar-refractivity contribution in [1.82, 2.24) is 0 Å². The van der Waals surface area contributed by atoms with Crippen molar-refractivity contribution in [3.8, 4) is 11.5 Å². The predicted octanol–water partition coefficient (Wildman–Crippen LogP) is 13.2. The fourth-order valence-electron chi connectivity index (χ4n) is 5.77. The molecule has 244 valence electrons. The number of nitrogens with zero attached hydrogens (tertiary/aromatic N) is 1. The molecule has 0 unspecified atom stereocenters. The summed E-state index contributed by atoms with van der Waals surface area (Å²) >= 11 is 0. The van der Waals surface area contributed by atoms with Crippen molar-refractivity contribution in [2.24, 2.45) is 4.99 Å². The minimum atomic E-state index is 0.262. The highest BCUT2D eigenvalue weighted by Crippen LogP contribution is 2.23. The molecule has 0 fully saturated rings. The third-order valence-electron chi connectivity index (χ3n) is 8.64. The monoisotopic (exact) mass is 586 g/mol. The number of hydrogen-bond donors (Lipinski definition) is 1. The molecule has 3 nitrogen and oxygen atoms in total. The van der Waals surface area contributed by atoms with Crippen LogP contribution in [0.15, 0.2) is 23.2 Å². The number of rotatable bonds is 32. The quantitative estimate of drug-likeness (QED) is 0.0675. The molecule has 1 aromatic carbocycles. The zero-order valence-electron chi connectivity index (χ0n) is 28.3. The Morgan fingerprint density at radius 1 is 0.524 bits per heavy atom. The van der Waals surface area contributed by atoms with Crippen molar-refractivity contribution >= 4 is 6.21 Å². The number of aliphatic imine (C=N–C) groups is 1. The van der Waals surface area contributed by atoms with Gasteiger partial charge in [-0.25, -0.2) is 0 Å². The van der Waals surface area contributed by atoms with Gasteiger partial charge in [-0.05, 0) is 25.0 Å². The second kappa shape index (κ2) is 30.9. The number of phenols is 1. The summed E-state index contributed by atoms with van der Waals surface area (Å²) in [6.45, 7) is 6.14. The molecular weight excluding hydrogens is 514 g/mol. The maximum atomic E-state index is 10.4. The van der Waals surface area contributed by atoms with E-state index in [-0.39, 0.29) is 5.75 Å². The van der Waals surface area contributed by atoms with Gasteiger partial charge in [0.25, 0.3) is 0 Å². The molecule has 0 atom stereocenters. The van der Waals surface area contributed by atoms with Gasteiger partial charge in [0, 0.05) is 24.4 Å². The van der Waals surface area contributed by atoms with Crippen molar-refractivity contribution in [2.45, 2.75) is 194 Å². The average Bonchev–Trinajstić information content (AvgIpc) is 2.99. The van der Waals surface area contributed by atoms with E-state index in [1.54, 1.807) is 6.07 Å². The van der Waals surface area contributed by atoms with Crippen LogP contribution in [0.5, 0.6) is 11.5 Å². The first-order valence-corrected chi connectivity index (χ1v) is 18.7. The van der Waals surface area contributed by atoms with Gasteiger partial charge in [-0.1, -0.05) is 181 Å². The van der Waals surface area contributed by atoms with Gasteiger partial charge in [-0.2, -0.15) is 0 Å². The van der Waals surface area contributed by atoms with Crippen molar-refractivity contribution in [1.29, 1.82) is 0 Å². The number of ether oxygens (including phenoxy) is 1. The Kier molecular flexibility index (Phi) is 28.4. The largest absolute Gasteiger partial charge is 0.507 e. The van der Waals surface area contributed by atoms with Crippen LogP contribution in [0.25, 0.3) is 0 Å². The molecule has 1 N–H and O–H groups in total. The summed E-state index contributed by atoms with van der Waals surface area (Å²) in [4.78, 5) is 4.55. The van der Waals surface area contributed by atoms with E-state index in [1.807, 2.05) is 18.3 Å². The first-order valence-electron chi connectivity index (χ1n) is 18.7. The summed E-state index contributed by atoms with van der Waals surface area (Å²) in [6, 6.07) is 5.61. The van der Waals surface area contributed by atoms with Crippen LogP contribution in [0.3, 0.4) is 0 Å². The zero-order valence-corrected chi connectivity index (χ0v) is 28.3. The van der Waals surface area contributed by atoms with E-state index in [0.29, 0.717) is 0 Å². The lowest BCUT2D eigenvalue weighted by Gasteiger charge is -2.08. The Labute approximate surface area is 262 Å². The van der Waals surface area contributed by atoms with E-state index in [1.165, 1.54) is 167 Å². The Hall–Kier alpha value is -1.51. The molecule has 42 heavy (non-hydrogen) atoms. The summed E-state index contributed by atoms with van der Waals surface area (Å²) in [5.41, 5.74) is 0.782. The van der Waals surface area contributed by atoms with Gasteiger partial charge < -0.3 is 9.84 Å². The van der Waals surface area contributed by atoms with Crippen LogP contribution >= 0.6 is 0 Å². The maximum Gasteiger partial charge on any atom is 0.128 e. The molecular formula is C39H71NO2. The summed E-state index contributed by atoms with van der Waals surface area (Å²) in [5.74, 6) is 1.02. The normalized spacial score (nSPS) is 11.6. The molecule has 0 radical (unpaired) electrons. The highest BCUT2D eigenvalue weighted by atomic mass is 16.5. The van der Waals surface area contributed by atoms with Gasteiger partial charge in [0.2, 0.25) is 0 Å². The molecule has 0 saturated heterocycles. The number of aromatic hydroxyl groups is 1. The van der Waals surface area contributed by atoms with E-state index in [0.717, 1.165) is 37.3 Å². The summed E-state index contributed by atoms with van der Waals surface area (Å²) < 4.78 is 5.87. The van der Waals surface area contributed by atoms with Gasteiger partial charge >= 0.3 is 0 Å². The number of phenolic OH excluding ortho intramolecular Hbond substituents is 1. The van der Waals surface area contributed by atoms with E-state index < -0.39 is 0 Å². The second-order valence-corrected chi connectivity index (χ2v) is 12.8. The van der Waals surface area contributed by atoms with Gasteiger partial charge in [-0.15, -0.1) is 0 Å². The third kappa shape index (κ3) is 25.0. The molecule has 0 amide bonds. The molecule has 0 aliphatic heterocycles. The lowest BCUT2D eigenvalue weighted by molar-refractivity contribution is 0.302. The third-order valence-corrected chi connectivity index (χ3v) is 8.64. The van der Waals surface area contributed by atoms with Crippen molar-refractivity contribution in [2.75, 3.05) is 13.2 Å². The molecule has 0 aromatic heterocycles. The topological polar surface area (TPSA) is 41.8 Å². The van der Waals surface area contributed by atoms with Crippen LogP contribution in [0.1, 0.15) is 199 Å². The summed E-state index contributed by atoms with van der Waals surface area (Å²) in [6.07, 6.45) is 40.2. The Morgan fingerprint density at radius 3 is 1.31 bits per heavy atom. The molecule has 0 aliphatic carbocycles. The van der Waals surface area contributed by atoms with Crippen LogP contribution < -0.4 is 4.74 Å². The fraction of sp³-hybridized carbons (Fsp3) is 0.821. The highest BCUT2D eigenvalue weighted by Gasteiger charge is 2.02. The minimum Gasteiger partial charge on any atom is -0.507 e. The first-order chi connectivity index (χ1) is 20.8. The second-order valence-electron chi connectivity index (χ2n) is 12.8. The number of unbranched alkanes of at least 4 members (excludes halogenated alkanes) is 26. The van der Waals surface area contributed by atoms with Crippen molar-refractivity contribution in [3.63, 3.8) is 0 Å². The predicted molar refractivity (Wildman–Crippen MR) is 187 cm³/mol. The van der Waals surface area contributed by atoms with Crippen LogP contribution in [-0.4, -0.2) is 24.5 Å². The number of hydrogen-bond acceptors (Lipinski definition) is 3. The molecule has 0 heterocycles. The lowest BCUT2D eigenvalue weighted by atomic mass is 10.0. The van der Waals surface area contributed by atoms with Crippen LogP contribution in [-0.2, 0) is 0 Å². The smallest absolute Gasteiger partial charge is 0.128 e. The maximum absolute atomic E-state index is 10.4. The van der Waals surface area contributed by atoms with Crippen LogP contribution in [0, 0.1) is 0 Å². The molecule has 1 rings (SSSR count). The first kappa shape index (κ1) is 38.5. The lowest BCUT2D eigenvalue weighted by Crippen LogP contribution is -1.97. The average molecular weight is 586 g/mol. The molecule has 0 aliphatic rings. The highest BCUT2D eigenvalue weighted by molar-refractivity contribution is 5.83. The fourth-order valence-corrected chi connectivity index (χ4v) is 5.77. The SMILES string of the molecule is CCCCCCCCCCCCCCCCCCN=Cc1ccc(OCCCCCCCCCCCCCC)cc1O.